The summed E-state index contributed by atoms with van der Waals surface area (Å²) < 4.78 is 5.31. The molecule has 1 saturated heterocycles. The molecule has 0 saturated carbocycles. The number of rotatable bonds is 4. The minimum absolute atomic E-state index is 0.535. The Bertz CT molecular complexity index is 533. The Hall–Kier alpha value is -1.59. The first-order valence-corrected chi connectivity index (χ1v) is 6.85. The first-order chi connectivity index (χ1) is 9.33. The second-order valence-electron chi connectivity index (χ2n) is 5.05. The van der Waals surface area contributed by atoms with Crippen LogP contribution in [-0.2, 0) is 0 Å². The summed E-state index contributed by atoms with van der Waals surface area (Å²) in [7, 11) is 0. The lowest BCUT2D eigenvalue weighted by Gasteiger charge is -2.33. The first kappa shape index (κ1) is 12.4. The topological polar surface area (TPSA) is 53.3 Å². The molecule has 19 heavy (non-hydrogen) atoms. The van der Waals surface area contributed by atoms with Crippen LogP contribution in [0.4, 0.5) is 5.69 Å². The number of hydrogen-bond donors (Lipinski definition) is 2. The van der Waals surface area contributed by atoms with Gasteiger partial charge in [-0.1, -0.05) is 0 Å². The number of benzene rings is 1. The maximum atomic E-state index is 5.31. The molecule has 2 N–H and O–H groups in total. The van der Waals surface area contributed by atoms with Crippen molar-refractivity contribution in [1.82, 2.24) is 15.2 Å². The summed E-state index contributed by atoms with van der Waals surface area (Å²) >= 11 is 0. The van der Waals surface area contributed by atoms with Gasteiger partial charge in [0, 0.05) is 50.5 Å². The average Bonchev–Trinajstić information content (AvgIpc) is 2.93. The number of piperazine rings is 1. The van der Waals surface area contributed by atoms with Crippen molar-refractivity contribution in [3.8, 4) is 0 Å². The molecule has 0 bridgehead atoms. The molecule has 1 aliphatic heterocycles. The van der Waals surface area contributed by atoms with E-state index in [1.54, 1.807) is 0 Å². The Morgan fingerprint density at radius 3 is 3.11 bits per heavy atom. The van der Waals surface area contributed by atoms with E-state index in [-0.39, 0.29) is 0 Å². The predicted octanol–water partition coefficient (Wildman–Crippen LogP) is 1.53. The molecule has 5 heteroatoms. The van der Waals surface area contributed by atoms with Crippen molar-refractivity contribution in [2.75, 3.05) is 38.0 Å². The summed E-state index contributed by atoms with van der Waals surface area (Å²) in [5, 5.41) is 6.85. The van der Waals surface area contributed by atoms with Crippen molar-refractivity contribution < 1.29 is 4.42 Å². The van der Waals surface area contributed by atoms with E-state index in [0.29, 0.717) is 6.04 Å². The van der Waals surface area contributed by atoms with Gasteiger partial charge in [-0.15, -0.1) is 0 Å². The van der Waals surface area contributed by atoms with E-state index in [4.69, 9.17) is 4.42 Å². The highest BCUT2D eigenvalue weighted by Crippen LogP contribution is 2.17. The first-order valence-electron chi connectivity index (χ1n) is 6.85. The molecule has 3 rings (SSSR count). The van der Waals surface area contributed by atoms with Crippen molar-refractivity contribution in [2.45, 2.75) is 13.0 Å². The smallest absolute Gasteiger partial charge is 0.181 e. The zero-order chi connectivity index (χ0) is 13.1. The molecule has 1 aromatic heterocycles. The third-order valence-corrected chi connectivity index (χ3v) is 3.71. The van der Waals surface area contributed by atoms with E-state index in [0.717, 1.165) is 49.5 Å². The Kier molecular flexibility index (Phi) is 3.66. The standard InChI is InChI=1S/C14H20N4O/c1-11(18-6-4-15-5-7-18)9-16-12-2-3-13-14(8-12)19-10-17-13/h2-3,8,10-11,15-16H,4-7,9H2,1H3. The van der Waals surface area contributed by atoms with Gasteiger partial charge >= 0.3 is 0 Å². The van der Waals surface area contributed by atoms with Crippen molar-refractivity contribution in [3.63, 3.8) is 0 Å². The lowest BCUT2D eigenvalue weighted by molar-refractivity contribution is 0.191. The van der Waals surface area contributed by atoms with E-state index < -0.39 is 0 Å². The fraction of sp³-hybridized carbons (Fsp3) is 0.500. The van der Waals surface area contributed by atoms with Gasteiger partial charge in [0.1, 0.15) is 5.52 Å². The molecule has 0 radical (unpaired) electrons. The Morgan fingerprint density at radius 1 is 1.42 bits per heavy atom. The second-order valence-corrected chi connectivity index (χ2v) is 5.05. The van der Waals surface area contributed by atoms with Crippen molar-refractivity contribution in [3.05, 3.63) is 24.6 Å². The second kappa shape index (κ2) is 5.59. The minimum atomic E-state index is 0.535. The van der Waals surface area contributed by atoms with Crippen molar-refractivity contribution in [2.24, 2.45) is 0 Å². The van der Waals surface area contributed by atoms with Gasteiger partial charge in [-0.2, -0.15) is 0 Å². The van der Waals surface area contributed by atoms with Gasteiger partial charge in [-0.25, -0.2) is 4.98 Å². The number of nitrogens with one attached hydrogen (secondary N) is 2. The third-order valence-electron chi connectivity index (χ3n) is 3.71. The summed E-state index contributed by atoms with van der Waals surface area (Å²) in [6, 6.07) is 6.58. The zero-order valence-corrected chi connectivity index (χ0v) is 11.2. The van der Waals surface area contributed by atoms with Gasteiger partial charge < -0.3 is 15.1 Å². The predicted molar refractivity (Wildman–Crippen MR) is 76.4 cm³/mol. The van der Waals surface area contributed by atoms with Gasteiger partial charge in [0.25, 0.3) is 0 Å². The van der Waals surface area contributed by atoms with Crippen LogP contribution >= 0.6 is 0 Å². The fourth-order valence-corrected chi connectivity index (χ4v) is 2.48. The SMILES string of the molecule is CC(CNc1ccc2ncoc2c1)N1CCNCC1. The van der Waals surface area contributed by atoms with Gasteiger partial charge in [0.2, 0.25) is 0 Å². The molecule has 1 unspecified atom stereocenters. The zero-order valence-electron chi connectivity index (χ0n) is 11.2. The van der Waals surface area contributed by atoms with Crippen LogP contribution in [-0.4, -0.2) is 48.6 Å². The normalized spacial score (nSPS) is 18.6. The molecule has 0 aliphatic carbocycles. The number of anilines is 1. The molecule has 1 fully saturated rings. The van der Waals surface area contributed by atoms with Crippen LogP contribution in [0, 0.1) is 0 Å². The van der Waals surface area contributed by atoms with Gasteiger partial charge in [-0.05, 0) is 19.1 Å². The Labute approximate surface area is 113 Å². The highest BCUT2D eigenvalue weighted by Gasteiger charge is 2.15. The van der Waals surface area contributed by atoms with Crippen LogP contribution in [0.1, 0.15) is 6.92 Å². The van der Waals surface area contributed by atoms with Gasteiger partial charge in [0.05, 0.1) is 0 Å². The third kappa shape index (κ3) is 2.88. The van der Waals surface area contributed by atoms with Crippen molar-refractivity contribution >= 4 is 16.8 Å². The van der Waals surface area contributed by atoms with E-state index in [1.165, 1.54) is 6.39 Å². The monoisotopic (exact) mass is 260 g/mol. The lowest BCUT2D eigenvalue weighted by atomic mass is 10.2. The van der Waals surface area contributed by atoms with Gasteiger partial charge in [0.15, 0.2) is 12.0 Å². The Morgan fingerprint density at radius 2 is 2.26 bits per heavy atom. The molecule has 102 valence electrons. The summed E-state index contributed by atoms with van der Waals surface area (Å²) in [6.45, 7) is 7.65. The molecule has 1 aromatic carbocycles. The summed E-state index contributed by atoms with van der Waals surface area (Å²) in [4.78, 5) is 6.63. The van der Waals surface area contributed by atoms with Crippen LogP contribution in [0.25, 0.3) is 11.1 Å². The summed E-state index contributed by atoms with van der Waals surface area (Å²) in [5.74, 6) is 0. The van der Waals surface area contributed by atoms with Crippen molar-refractivity contribution in [1.29, 1.82) is 0 Å². The number of nitrogens with zero attached hydrogens (tertiary/aromatic N) is 2. The maximum Gasteiger partial charge on any atom is 0.181 e. The van der Waals surface area contributed by atoms with E-state index >= 15 is 0 Å². The maximum absolute atomic E-state index is 5.31. The number of aromatic nitrogens is 1. The van der Waals surface area contributed by atoms with E-state index in [2.05, 4.69) is 33.5 Å². The highest BCUT2D eigenvalue weighted by atomic mass is 16.3. The number of hydrogen-bond acceptors (Lipinski definition) is 5. The number of fused-ring (bicyclic) bond motifs is 1. The van der Waals surface area contributed by atoms with Gasteiger partial charge in [-0.3, -0.25) is 4.90 Å². The molecule has 1 atom stereocenters. The highest BCUT2D eigenvalue weighted by molar-refractivity contribution is 5.76. The van der Waals surface area contributed by atoms with E-state index in [9.17, 15) is 0 Å². The van der Waals surface area contributed by atoms with Crippen LogP contribution in [0.5, 0.6) is 0 Å². The molecule has 0 amide bonds. The minimum Gasteiger partial charge on any atom is -0.443 e. The molecular weight excluding hydrogens is 240 g/mol. The molecule has 5 nitrogen and oxygen atoms in total. The summed E-state index contributed by atoms with van der Waals surface area (Å²) in [6.07, 6.45) is 1.48. The average molecular weight is 260 g/mol. The molecule has 1 aliphatic rings. The summed E-state index contributed by atoms with van der Waals surface area (Å²) in [5.41, 5.74) is 2.83. The molecule has 2 heterocycles. The molecule has 2 aromatic rings. The number of oxazole rings is 1. The lowest BCUT2D eigenvalue weighted by Crippen LogP contribution is -2.49. The van der Waals surface area contributed by atoms with Crippen LogP contribution in [0.2, 0.25) is 0 Å². The van der Waals surface area contributed by atoms with Crippen LogP contribution in [0.3, 0.4) is 0 Å². The quantitative estimate of drug-likeness (QED) is 0.873. The van der Waals surface area contributed by atoms with E-state index in [1.807, 2.05) is 12.1 Å². The Balaban J connectivity index is 1.58. The van der Waals surface area contributed by atoms with Crippen LogP contribution in [0.15, 0.2) is 29.0 Å². The largest absolute Gasteiger partial charge is 0.443 e. The molecular formula is C14H20N4O. The molecule has 0 spiro atoms. The fourth-order valence-electron chi connectivity index (χ4n) is 2.48. The van der Waals surface area contributed by atoms with Crippen LogP contribution < -0.4 is 10.6 Å².